The summed E-state index contributed by atoms with van der Waals surface area (Å²) in [6, 6.07) is 1.07. The lowest BCUT2D eigenvalue weighted by molar-refractivity contribution is -0.143. The maximum Gasteiger partial charge on any atom is 0.416 e. The number of nitrogens with zero attached hydrogens (tertiary/aromatic N) is 4. The van der Waals surface area contributed by atoms with Crippen molar-refractivity contribution in [2.45, 2.75) is 31.8 Å². The highest BCUT2D eigenvalue weighted by molar-refractivity contribution is 5.97. The quantitative estimate of drug-likeness (QED) is 0.475. The van der Waals surface area contributed by atoms with E-state index < -0.39 is 71.7 Å². The van der Waals surface area contributed by atoms with E-state index in [9.17, 15) is 45.4 Å². The van der Waals surface area contributed by atoms with Gasteiger partial charge in [-0.15, -0.1) is 0 Å². The van der Waals surface area contributed by atoms with Crippen LogP contribution in [0.5, 0.6) is 0 Å². The number of likely N-dealkylation sites (N-methyl/N-ethyl adjacent to an activating group) is 2. The van der Waals surface area contributed by atoms with Crippen molar-refractivity contribution >= 4 is 23.4 Å². The number of pyridine rings is 1. The monoisotopic (exact) mass is 567 g/mol. The first-order chi connectivity index (χ1) is 18.0. The number of halogens is 7. The van der Waals surface area contributed by atoms with E-state index in [2.05, 4.69) is 10.3 Å². The van der Waals surface area contributed by atoms with Gasteiger partial charge in [0, 0.05) is 19.2 Å². The number of aryl methyl sites for hydroxylation is 1. The Morgan fingerprint density at radius 3 is 2.44 bits per heavy atom. The number of carbonyl (C=O) groups excluding carboxylic acids is 2. The summed E-state index contributed by atoms with van der Waals surface area (Å²) in [7, 11) is 2.66. The van der Waals surface area contributed by atoms with Crippen molar-refractivity contribution in [3.8, 4) is 0 Å². The van der Waals surface area contributed by atoms with Crippen molar-refractivity contribution in [3.05, 3.63) is 52.5 Å². The van der Waals surface area contributed by atoms with E-state index in [1.807, 2.05) is 0 Å². The van der Waals surface area contributed by atoms with Crippen molar-refractivity contribution in [3.63, 3.8) is 0 Å². The van der Waals surface area contributed by atoms with Crippen LogP contribution in [0.15, 0.2) is 24.3 Å². The topological polar surface area (TPSA) is 98.2 Å². The molecule has 2 aromatic rings. The summed E-state index contributed by atoms with van der Waals surface area (Å²) < 4.78 is 96.5. The minimum absolute atomic E-state index is 0.0363. The standard InChI is InChI=1S/C23H24F7N5O4/c1-12-17(24)4-5-19(32-12)33(3)20(37)8-15-16(23(28,29)30)6-13(22(25,26)27)7-18(15)35-21(38)34(11-39-35)10-14(36)9-31-2/h4-7,14,31,36H,8-11H2,1-3H3. The molecule has 1 fully saturated rings. The second kappa shape index (κ2) is 11.3. The zero-order valence-electron chi connectivity index (χ0n) is 20.8. The molecule has 1 aliphatic rings. The minimum Gasteiger partial charge on any atom is -0.390 e. The third kappa shape index (κ3) is 6.75. The van der Waals surface area contributed by atoms with Crippen molar-refractivity contribution in [1.82, 2.24) is 15.2 Å². The molecule has 3 rings (SSSR count). The molecule has 0 aliphatic carbocycles. The van der Waals surface area contributed by atoms with Gasteiger partial charge in [0.15, 0.2) is 6.73 Å². The second-order valence-corrected chi connectivity index (χ2v) is 8.65. The predicted molar refractivity (Wildman–Crippen MR) is 123 cm³/mol. The van der Waals surface area contributed by atoms with Crippen LogP contribution < -0.4 is 15.3 Å². The van der Waals surface area contributed by atoms with Crippen LogP contribution in [0.4, 0.5) is 47.0 Å². The summed E-state index contributed by atoms with van der Waals surface area (Å²) in [5.74, 6) is -1.87. The maximum atomic E-state index is 14.0. The van der Waals surface area contributed by atoms with E-state index in [4.69, 9.17) is 4.84 Å². The molecule has 1 unspecified atom stereocenters. The molecule has 39 heavy (non-hydrogen) atoms. The van der Waals surface area contributed by atoms with E-state index in [0.717, 1.165) is 29.0 Å². The van der Waals surface area contributed by atoms with Gasteiger partial charge in [-0.2, -0.15) is 31.4 Å². The van der Waals surface area contributed by atoms with Gasteiger partial charge in [-0.05, 0) is 38.2 Å². The van der Waals surface area contributed by atoms with Crippen LogP contribution in [0, 0.1) is 12.7 Å². The Hall–Kier alpha value is -3.50. The number of carbonyl (C=O) groups is 2. The first-order valence-electron chi connectivity index (χ1n) is 11.3. The molecule has 0 radical (unpaired) electrons. The number of amides is 3. The van der Waals surface area contributed by atoms with E-state index >= 15 is 0 Å². The molecular formula is C23H24F7N5O4. The highest BCUT2D eigenvalue weighted by atomic mass is 19.4. The zero-order valence-corrected chi connectivity index (χ0v) is 20.8. The molecule has 0 bridgehead atoms. The summed E-state index contributed by atoms with van der Waals surface area (Å²) >= 11 is 0. The predicted octanol–water partition coefficient (Wildman–Crippen LogP) is 3.48. The summed E-state index contributed by atoms with van der Waals surface area (Å²) in [4.78, 5) is 36.6. The number of urea groups is 1. The Kier molecular flexibility index (Phi) is 8.72. The normalized spacial score (nSPS) is 15.2. The molecule has 2 N–H and O–H groups in total. The van der Waals surface area contributed by atoms with Crippen LogP contribution in [-0.4, -0.2) is 66.9 Å². The van der Waals surface area contributed by atoms with Gasteiger partial charge in [0.25, 0.3) is 0 Å². The summed E-state index contributed by atoms with van der Waals surface area (Å²) in [5, 5.41) is 12.8. The van der Waals surface area contributed by atoms with Gasteiger partial charge < -0.3 is 10.4 Å². The number of hydroxylamine groups is 1. The average Bonchev–Trinajstić information content (AvgIpc) is 3.18. The Morgan fingerprint density at radius 2 is 1.87 bits per heavy atom. The van der Waals surface area contributed by atoms with Crippen LogP contribution in [-0.2, 0) is 28.4 Å². The molecule has 1 aromatic carbocycles. The molecule has 1 aromatic heterocycles. The highest BCUT2D eigenvalue weighted by Gasteiger charge is 2.43. The molecule has 9 nitrogen and oxygen atoms in total. The summed E-state index contributed by atoms with van der Waals surface area (Å²) in [6.07, 6.45) is -12.8. The number of nitrogens with one attached hydrogen (secondary N) is 1. The molecule has 1 atom stereocenters. The number of alkyl halides is 6. The first-order valence-corrected chi connectivity index (χ1v) is 11.3. The van der Waals surface area contributed by atoms with Crippen LogP contribution in [0.25, 0.3) is 0 Å². The van der Waals surface area contributed by atoms with Crippen LogP contribution in [0.2, 0.25) is 0 Å². The lowest BCUT2D eigenvalue weighted by Crippen LogP contribution is -2.40. The Balaban J connectivity index is 2.09. The fourth-order valence-corrected chi connectivity index (χ4v) is 3.78. The van der Waals surface area contributed by atoms with Gasteiger partial charge in [0.2, 0.25) is 5.91 Å². The van der Waals surface area contributed by atoms with E-state index in [1.54, 1.807) is 0 Å². The van der Waals surface area contributed by atoms with Gasteiger partial charge in [-0.25, -0.2) is 19.0 Å². The van der Waals surface area contributed by atoms with Gasteiger partial charge >= 0.3 is 18.4 Å². The van der Waals surface area contributed by atoms with Gasteiger partial charge in [0.1, 0.15) is 11.6 Å². The van der Waals surface area contributed by atoms with Crippen molar-refractivity contribution in [1.29, 1.82) is 0 Å². The molecule has 2 heterocycles. The van der Waals surface area contributed by atoms with Gasteiger partial charge in [-0.3, -0.25) is 14.6 Å². The Morgan fingerprint density at radius 1 is 1.21 bits per heavy atom. The largest absolute Gasteiger partial charge is 0.416 e. The molecule has 0 saturated carbocycles. The number of aromatic nitrogens is 1. The Labute approximate surface area is 217 Å². The first kappa shape index (κ1) is 30.0. The smallest absolute Gasteiger partial charge is 0.390 e. The van der Waals surface area contributed by atoms with E-state index in [0.29, 0.717) is 0 Å². The van der Waals surface area contributed by atoms with Crippen LogP contribution in [0.3, 0.4) is 0 Å². The number of benzene rings is 1. The summed E-state index contributed by atoms with van der Waals surface area (Å²) in [6.45, 7) is 0.411. The zero-order chi connectivity index (χ0) is 29.3. The van der Waals surface area contributed by atoms with Gasteiger partial charge in [-0.1, -0.05) is 0 Å². The number of hydrogen-bond acceptors (Lipinski definition) is 6. The fourth-order valence-electron chi connectivity index (χ4n) is 3.78. The number of β-amino-alcohol motifs (C(OH)–C–C–N with tert-alkyl or cyclic N) is 1. The molecular weight excluding hydrogens is 543 g/mol. The van der Waals surface area contributed by atoms with Crippen molar-refractivity contribution in [2.24, 2.45) is 0 Å². The molecule has 3 amide bonds. The number of aliphatic hydroxyl groups is 1. The molecule has 1 saturated heterocycles. The molecule has 1 aliphatic heterocycles. The SMILES string of the molecule is CNCC(O)CN1CON(c2cc(C(F)(F)F)cc(C(F)(F)F)c2CC(=O)N(C)c2ccc(F)c(C)n2)C1=O. The van der Waals surface area contributed by atoms with E-state index in [1.165, 1.54) is 14.0 Å². The third-order valence-electron chi connectivity index (χ3n) is 5.79. The van der Waals surface area contributed by atoms with Crippen LogP contribution in [0.1, 0.15) is 22.4 Å². The number of anilines is 2. The lowest BCUT2D eigenvalue weighted by Gasteiger charge is -2.25. The minimum atomic E-state index is -5.36. The number of aliphatic hydroxyl groups excluding tert-OH is 1. The molecule has 16 heteroatoms. The second-order valence-electron chi connectivity index (χ2n) is 8.65. The van der Waals surface area contributed by atoms with Crippen molar-refractivity contribution < 1.29 is 50.3 Å². The summed E-state index contributed by atoms with van der Waals surface area (Å²) in [5.41, 5.74) is -5.54. The maximum absolute atomic E-state index is 14.0. The lowest BCUT2D eigenvalue weighted by atomic mass is 9.97. The van der Waals surface area contributed by atoms with E-state index in [-0.39, 0.29) is 41.8 Å². The van der Waals surface area contributed by atoms with Gasteiger partial charge in [0.05, 0.1) is 41.6 Å². The fraction of sp³-hybridized carbons (Fsp3) is 0.435. The average molecular weight is 567 g/mol. The van der Waals surface area contributed by atoms with Crippen LogP contribution >= 0.6 is 0 Å². The molecule has 214 valence electrons. The number of rotatable bonds is 8. The van der Waals surface area contributed by atoms with Crippen molar-refractivity contribution in [2.75, 3.05) is 43.9 Å². The number of hydrogen-bond donors (Lipinski definition) is 2. The highest BCUT2D eigenvalue weighted by Crippen LogP contribution is 2.43. The third-order valence-corrected chi connectivity index (χ3v) is 5.79. The Bertz CT molecular complexity index is 1240. The molecule has 0 spiro atoms.